The van der Waals surface area contributed by atoms with Crippen molar-refractivity contribution in [2.24, 2.45) is 0 Å². The number of benzene rings is 3. The third kappa shape index (κ3) is 6.25. The lowest BCUT2D eigenvalue weighted by atomic mass is 9.76. The Labute approximate surface area is 235 Å². The molecule has 39 heavy (non-hydrogen) atoms. The third-order valence-electron chi connectivity index (χ3n) is 8.34. The van der Waals surface area contributed by atoms with E-state index in [0.717, 1.165) is 26.2 Å². The van der Waals surface area contributed by atoms with Gasteiger partial charge in [-0.2, -0.15) is 4.57 Å². The maximum atomic E-state index is 2.66. The molecule has 4 aromatic rings. The third-order valence-corrected chi connectivity index (χ3v) is 8.34. The number of unbranched alkanes of at least 4 members (excludes halogenated alkanes) is 5. The predicted octanol–water partition coefficient (Wildman–Crippen LogP) is 7.30. The molecule has 5 rings (SSSR count). The van der Waals surface area contributed by atoms with Gasteiger partial charge in [0.25, 0.3) is 0 Å². The molecular weight excluding hydrogens is 474 g/mol. The first-order valence-electron chi connectivity index (χ1n) is 15.0. The summed E-state index contributed by atoms with van der Waals surface area (Å²) >= 11 is 0. The van der Waals surface area contributed by atoms with E-state index in [9.17, 15) is 0 Å². The SMILES string of the molecule is CCCCCCCCN1CCN(c2cc[n+](C(c3ccccc3)(c3ccccc3)c3ccccc3)cc2)CC1. The molecule has 202 valence electrons. The highest BCUT2D eigenvalue weighted by Crippen LogP contribution is 2.36. The van der Waals surface area contributed by atoms with Gasteiger partial charge in [0.05, 0.1) is 0 Å². The zero-order chi connectivity index (χ0) is 26.8. The van der Waals surface area contributed by atoms with E-state index in [1.165, 1.54) is 67.4 Å². The molecule has 0 unspecified atom stereocenters. The highest BCUT2D eigenvalue weighted by Gasteiger charge is 2.45. The van der Waals surface area contributed by atoms with E-state index in [2.05, 4.69) is 137 Å². The molecule has 0 spiro atoms. The molecule has 3 nitrogen and oxygen atoms in total. The molecule has 0 saturated carbocycles. The van der Waals surface area contributed by atoms with Gasteiger partial charge in [-0.05, 0) is 13.0 Å². The first-order valence-corrected chi connectivity index (χ1v) is 15.0. The summed E-state index contributed by atoms with van der Waals surface area (Å²) in [5.41, 5.74) is 4.61. The topological polar surface area (TPSA) is 10.4 Å². The summed E-state index contributed by atoms with van der Waals surface area (Å²) in [6.07, 6.45) is 12.8. The van der Waals surface area contributed by atoms with Crippen LogP contribution in [0.2, 0.25) is 0 Å². The molecule has 1 saturated heterocycles. The number of piperazine rings is 1. The zero-order valence-electron chi connectivity index (χ0n) is 23.6. The fourth-order valence-corrected chi connectivity index (χ4v) is 6.18. The standard InChI is InChI=1S/C36H44N3/c1-2-3-4-5-6-16-25-37-28-30-38(31-29-37)35-23-26-39(27-24-35)36(32-17-10-7-11-18-32,33-19-12-8-13-20-33)34-21-14-9-15-22-34/h7-15,17-24,26-27H,2-6,16,25,28-31H2,1H3/q+1. The summed E-state index contributed by atoms with van der Waals surface area (Å²) in [5, 5.41) is 0. The van der Waals surface area contributed by atoms with E-state index in [-0.39, 0.29) is 0 Å². The van der Waals surface area contributed by atoms with E-state index < -0.39 is 5.54 Å². The van der Waals surface area contributed by atoms with Crippen LogP contribution >= 0.6 is 0 Å². The van der Waals surface area contributed by atoms with Crippen LogP contribution in [0.15, 0.2) is 116 Å². The second-order valence-electron chi connectivity index (χ2n) is 10.9. The molecule has 1 aliphatic rings. The molecule has 1 aliphatic heterocycles. The van der Waals surface area contributed by atoms with Gasteiger partial charge < -0.3 is 4.90 Å². The number of hydrogen-bond acceptors (Lipinski definition) is 2. The van der Waals surface area contributed by atoms with Crippen LogP contribution in [0.4, 0.5) is 5.69 Å². The Morgan fingerprint density at radius 1 is 0.564 bits per heavy atom. The van der Waals surface area contributed by atoms with Gasteiger partial charge in [0.2, 0.25) is 5.54 Å². The molecule has 1 aromatic heterocycles. The van der Waals surface area contributed by atoms with Crippen LogP contribution in [0.1, 0.15) is 62.1 Å². The van der Waals surface area contributed by atoms with E-state index in [1.54, 1.807) is 0 Å². The maximum Gasteiger partial charge on any atom is 0.243 e. The minimum absolute atomic E-state index is 0.460. The van der Waals surface area contributed by atoms with Gasteiger partial charge in [0.1, 0.15) is 0 Å². The quantitative estimate of drug-likeness (QED) is 0.111. The van der Waals surface area contributed by atoms with E-state index >= 15 is 0 Å². The summed E-state index contributed by atoms with van der Waals surface area (Å²) in [7, 11) is 0. The lowest BCUT2D eigenvalue weighted by Gasteiger charge is -2.36. The van der Waals surface area contributed by atoms with Crippen LogP contribution in [-0.4, -0.2) is 37.6 Å². The lowest BCUT2D eigenvalue weighted by Crippen LogP contribution is -2.58. The Kier molecular flexibility index (Phi) is 9.45. The van der Waals surface area contributed by atoms with Crippen molar-refractivity contribution in [3.63, 3.8) is 0 Å². The second-order valence-corrected chi connectivity index (χ2v) is 10.9. The summed E-state index contributed by atoms with van der Waals surface area (Å²) in [5.74, 6) is 0. The fraction of sp³-hybridized carbons (Fsp3) is 0.361. The fourth-order valence-electron chi connectivity index (χ4n) is 6.18. The number of rotatable bonds is 12. The highest BCUT2D eigenvalue weighted by atomic mass is 15.3. The largest absolute Gasteiger partial charge is 0.369 e. The van der Waals surface area contributed by atoms with E-state index in [1.807, 2.05) is 0 Å². The Bertz CT molecular complexity index is 1130. The van der Waals surface area contributed by atoms with Crippen LogP contribution < -0.4 is 9.47 Å². The van der Waals surface area contributed by atoms with Crippen molar-refractivity contribution in [3.8, 4) is 0 Å². The number of pyridine rings is 1. The maximum absolute atomic E-state index is 2.66. The highest BCUT2D eigenvalue weighted by molar-refractivity contribution is 5.48. The predicted molar refractivity (Wildman–Crippen MR) is 163 cm³/mol. The summed E-state index contributed by atoms with van der Waals surface area (Å²) in [6, 6.07) is 37.3. The van der Waals surface area contributed by atoms with Gasteiger partial charge in [-0.25, -0.2) is 0 Å². The first kappa shape index (κ1) is 27.1. The van der Waals surface area contributed by atoms with E-state index in [4.69, 9.17) is 0 Å². The molecule has 0 amide bonds. The van der Waals surface area contributed by atoms with Crippen LogP contribution in [0.25, 0.3) is 0 Å². The van der Waals surface area contributed by atoms with Crippen molar-refractivity contribution < 1.29 is 4.57 Å². The van der Waals surface area contributed by atoms with E-state index in [0.29, 0.717) is 0 Å². The van der Waals surface area contributed by atoms with Gasteiger partial charge in [0, 0.05) is 60.7 Å². The molecule has 0 bridgehead atoms. The molecule has 0 atom stereocenters. The molecule has 2 heterocycles. The molecule has 0 aliphatic carbocycles. The summed E-state index contributed by atoms with van der Waals surface area (Å²) in [4.78, 5) is 5.21. The van der Waals surface area contributed by atoms with Crippen molar-refractivity contribution >= 4 is 5.69 Å². The van der Waals surface area contributed by atoms with Gasteiger partial charge >= 0.3 is 0 Å². The molecule has 0 N–H and O–H groups in total. The molecule has 0 radical (unpaired) electrons. The first-order chi connectivity index (χ1) is 19.3. The zero-order valence-corrected chi connectivity index (χ0v) is 23.6. The summed E-state index contributed by atoms with van der Waals surface area (Å²) < 4.78 is 2.39. The molecule has 3 heteroatoms. The Balaban J connectivity index is 1.36. The molecule has 3 aromatic carbocycles. The minimum Gasteiger partial charge on any atom is -0.369 e. The lowest BCUT2D eigenvalue weighted by molar-refractivity contribution is -0.734. The second kappa shape index (κ2) is 13.6. The summed E-state index contributed by atoms with van der Waals surface area (Å²) in [6.45, 7) is 8.06. The molecule has 1 fully saturated rings. The molecular formula is C36H44N3+. The van der Waals surface area contributed by atoms with Gasteiger partial charge in [-0.1, -0.05) is 130 Å². The number of anilines is 1. The number of hydrogen-bond donors (Lipinski definition) is 0. The Morgan fingerprint density at radius 2 is 1.03 bits per heavy atom. The van der Waals surface area contributed by atoms with Crippen LogP contribution in [0.5, 0.6) is 0 Å². The van der Waals surface area contributed by atoms with Crippen molar-refractivity contribution in [3.05, 3.63) is 132 Å². The Hall–Kier alpha value is -3.43. The average molecular weight is 519 g/mol. The minimum atomic E-state index is -0.460. The van der Waals surface area contributed by atoms with Crippen molar-refractivity contribution in [1.82, 2.24) is 4.90 Å². The van der Waals surface area contributed by atoms with Gasteiger partial charge in [-0.3, -0.25) is 4.90 Å². The van der Waals surface area contributed by atoms with Crippen molar-refractivity contribution in [1.29, 1.82) is 0 Å². The average Bonchev–Trinajstić information content (AvgIpc) is 3.02. The number of aromatic nitrogens is 1. The smallest absolute Gasteiger partial charge is 0.243 e. The normalized spacial score (nSPS) is 14.4. The van der Waals surface area contributed by atoms with Gasteiger partial charge in [0.15, 0.2) is 12.4 Å². The van der Waals surface area contributed by atoms with Crippen molar-refractivity contribution in [2.75, 3.05) is 37.6 Å². The van der Waals surface area contributed by atoms with Crippen LogP contribution in [-0.2, 0) is 5.54 Å². The monoisotopic (exact) mass is 518 g/mol. The van der Waals surface area contributed by atoms with Crippen molar-refractivity contribution in [2.45, 2.75) is 51.0 Å². The Morgan fingerprint density at radius 3 is 1.51 bits per heavy atom. The van der Waals surface area contributed by atoms with Crippen LogP contribution in [0, 0.1) is 0 Å². The number of nitrogens with zero attached hydrogens (tertiary/aromatic N) is 3. The van der Waals surface area contributed by atoms with Gasteiger partial charge in [-0.15, -0.1) is 0 Å². The van der Waals surface area contributed by atoms with Crippen LogP contribution in [0.3, 0.4) is 0 Å².